The van der Waals surface area contributed by atoms with Crippen LogP contribution >= 0.6 is 12.2 Å². The number of aryl methyl sites for hydroxylation is 1. The Balaban J connectivity index is 2.29. The lowest BCUT2D eigenvalue weighted by molar-refractivity contribution is 0.592. The van der Waals surface area contributed by atoms with Crippen LogP contribution in [-0.4, -0.2) is 19.3 Å². The van der Waals surface area contributed by atoms with Crippen molar-refractivity contribution in [1.29, 1.82) is 0 Å². The Morgan fingerprint density at radius 3 is 2.80 bits per heavy atom. The molecule has 0 radical (unpaired) electrons. The van der Waals surface area contributed by atoms with Crippen LogP contribution in [0.2, 0.25) is 0 Å². The van der Waals surface area contributed by atoms with Crippen molar-refractivity contribution in [2.24, 2.45) is 7.05 Å². The van der Waals surface area contributed by atoms with Crippen molar-refractivity contribution >= 4 is 12.2 Å². The number of pyridine rings is 1. The molecule has 1 N–H and O–H groups in total. The third kappa shape index (κ3) is 1.95. The van der Waals surface area contributed by atoms with E-state index in [-0.39, 0.29) is 5.56 Å². The monoisotopic (exact) mass is 290 g/mol. The van der Waals surface area contributed by atoms with Gasteiger partial charge in [0.1, 0.15) is 0 Å². The minimum atomic E-state index is 0.0326. The number of fused-ring (bicyclic) bond motifs is 1. The number of H-pyrrole nitrogens is 1. The normalized spacial score (nSPS) is 14.3. The molecule has 0 spiro atoms. The van der Waals surface area contributed by atoms with Crippen LogP contribution in [0, 0.1) is 4.77 Å². The van der Waals surface area contributed by atoms with E-state index in [1.165, 1.54) is 17.7 Å². The van der Waals surface area contributed by atoms with E-state index < -0.39 is 0 Å². The molecule has 20 heavy (non-hydrogen) atoms. The maximum absolute atomic E-state index is 12.7. The second-order valence-electron chi connectivity index (χ2n) is 5.20. The molecule has 6 heteroatoms. The van der Waals surface area contributed by atoms with Crippen molar-refractivity contribution in [3.05, 3.63) is 32.4 Å². The number of hydrogen-bond acceptors (Lipinski definition) is 3. The first-order valence-electron chi connectivity index (χ1n) is 7.00. The molecule has 0 saturated heterocycles. The van der Waals surface area contributed by atoms with Gasteiger partial charge in [-0.05, 0) is 56.5 Å². The third-order valence-electron chi connectivity index (χ3n) is 4.04. The SMILES string of the molecule is CCn1c2c(cc(-c3n[nH]c(=S)n3C)c1=O)CCCC2. The van der Waals surface area contributed by atoms with E-state index >= 15 is 0 Å². The summed E-state index contributed by atoms with van der Waals surface area (Å²) in [6.07, 6.45) is 4.39. The maximum atomic E-state index is 12.7. The van der Waals surface area contributed by atoms with Gasteiger partial charge < -0.3 is 9.13 Å². The van der Waals surface area contributed by atoms with Crippen LogP contribution < -0.4 is 5.56 Å². The van der Waals surface area contributed by atoms with Crippen molar-refractivity contribution in [2.45, 2.75) is 39.2 Å². The second kappa shape index (κ2) is 5.01. The van der Waals surface area contributed by atoms with Gasteiger partial charge in [0.2, 0.25) is 0 Å². The molecule has 2 heterocycles. The smallest absolute Gasteiger partial charge is 0.261 e. The minimum Gasteiger partial charge on any atom is -0.312 e. The molecule has 0 aliphatic heterocycles. The second-order valence-corrected chi connectivity index (χ2v) is 5.58. The first-order valence-corrected chi connectivity index (χ1v) is 7.41. The lowest BCUT2D eigenvalue weighted by atomic mass is 9.94. The predicted octanol–water partition coefficient (Wildman–Crippen LogP) is 2.21. The van der Waals surface area contributed by atoms with Gasteiger partial charge in [0.15, 0.2) is 10.6 Å². The van der Waals surface area contributed by atoms with E-state index in [2.05, 4.69) is 10.2 Å². The van der Waals surface area contributed by atoms with Gasteiger partial charge in [-0.2, -0.15) is 5.10 Å². The zero-order valence-corrected chi connectivity index (χ0v) is 12.6. The molecule has 0 saturated carbocycles. The predicted molar refractivity (Wildman–Crippen MR) is 80.4 cm³/mol. The number of nitrogens with one attached hydrogen (secondary N) is 1. The number of rotatable bonds is 2. The van der Waals surface area contributed by atoms with Gasteiger partial charge in [-0.15, -0.1) is 0 Å². The van der Waals surface area contributed by atoms with E-state index in [1.807, 2.05) is 24.6 Å². The molecular formula is C14H18N4OS. The lowest BCUT2D eigenvalue weighted by Crippen LogP contribution is -2.28. The first kappa shape index (κ1) is 13.3. The molecule has 0 atom stereocenters. The molecule has 2 aromatic rings. The Morgan fingerprint density at radius 2 is 2.15 bits per heavy atom. The summed E-state index contributed by atoms with van der Waals surface area (Å²) in [5.41, 5.74) is 3.15. The Labute approximate surface area is 122 Å². The van der Waals surface area contributed by atoms with Crippen LogP contribution in [0.5, 0.6) is 0 Å². The van der Waals surface area contributed by atoms with E-state index in [9.17, 15) is 4.79 Å². The zero-order chi connectivity index (χ0) is 14.3. The molecule has 5 nitrogen and oxygen atoms in total. The van der Waals surface area contributed by atoms with Gasteiger partial charge in [0, 0.05) is 19.3 Å². The van der Waals surface area contributed by atoms with Crippen LogP contribution in [0.3, 0.4) is 0 Å². The van der Waals surface area contributed by atoms with Crippen LogP contribution in [0.15, 0.2) is 10.9 Å². The highest BCUT2D eigenvalue weighted by atomic mass is 32.1. The summed E-state index contributed by atoms with van der Waals surface area (Å²) in [5.74, 6) is 0.621. The van der Waals surface area contributed by atoms with E-state index in [0.717, 1.165) is 19.3 Å². The highest BCUT2D eigenvalue weighted by Crippen LogP contribution is 2.24. The molecule has 0 fully saturated rings. The van der Waals surface area contributed by atoms with E-state index in [4.69, 9.17) is 12.2 Å². The molecule has 0 bridgehead atoms. The maximum Gasteiger partial charge on any atom is 0.261 e. The van der Waals surface area contributed by atoms with Crippen LogP contribution in [-0.2, 0) is 26.4 Å². The summed E-state index contributed by atoms with van der Waals surface area (Å²) < 4.78 is 4.17. The summed E-state index contributed by atoms with van der Waals surface area (Å²) in [7, 11) is 1.83. The average molecular weight is 290 g/mol. The average Bonchev–Trinajstić information content (AvgIpc) is 2.78. The molecule has 0 aromatic carbocycles. The minimum absolute atomic E-state index is 0.0326. The summed E-state index contributed by atoms with van der Waals surface area (Å²) in [6.45, 7) is 2.72. The van der Waals surface area contributed by atoms with Gasteiger partial charge in [0.25, 0.3) is 5.56 Å². The Bertz CT molecular complexity index is 768. The Hall–Kier alpha value is -1.69. The van der Waals surface area contributed by atoms with E-state index in [0.29, 0.717) is 22.7 Å². The number of aromatic amines is 1. The van der Waals surface area contributed by atoms with Crippen LogP contribution in [0.4, 0.5) is 0 Å². The van der Waals surface area contributed by atoms with Gasteiger partial charge in [-0.25, -0.2) is 0 Å². The fourth-order valence-electron chi connectivity index (χ4n) is 2.96. The Morgan fingerprint density at radius 1 is 1.40 bits per heavy atom. The Kier molecular flexibility index (Phi) is 3.33. The summed E-state index contributed by atoms with van der Waals surface area (Å²) in [5, 5.41) is 6.95. The topological polar surface area (TPSA) is 55.6 Å². The van der Waals surface area contributed by atoms with Crippen molar-refractivity contribution in [1.82, 2.24) is 19.3 Å². The number of hydrogen-bond donors (Lipinski definition) is 1. The van der Waals surface area contributed by atoms with Crippen molar-refractivity contribution in [3.8, 4) is 11.4 Å². The number of nitrogens with zero attached hydrogens (tertiary/aromatic N) is 3. The summed E-state index contributed by atoms with van der Waals surface area (Å²) in [6, 6.07) is 2.01. The molecule has 3 rings (SSSR count). The van der Waals surface area contributed by atoms with Crippen molar-refractivity contribution in [3.63, 3.8) is 0 Å². The number of aromatic nitrogens is 4. The summed E-state index contributed by atoms with van der Waals surface area (Å²) >= 11 is 5.14. The van der Waals surface area contributed by atoms with Gasteiger partial charge in [-0.1, -0.05) is 0 Å². The zero-order valence-electron chi connectivity index (χ0n) is 11.8. The molecule has 1 aliphatic rings. The molecular weight excluding hydrogens is 272 g/mol. The molecule has 1 aliphatic carbocycles. The first-order chi connectivity index (χ1) is 9.63. The lowest BCUT2D eigenvalue weighted by Gasteiger charge is -2.21. The fourth-order valence-corrected chi connectivity index (χ4v) is 3.10. The van der Waals surface area contributed by atoms with Crippen LogP contribution in [0.25, 0.3) is 11.4 Å². The van der Waals surface area contributed by atoms with Crippen LogP contribution in [0.1, 0.15) is 31.0 Å². The highest BCUT2D eigenvalue weighted by molar-refractivity contribution is 7.71. The highest BCUT2D eigenvalue weighted by Gasteiger charge is 2.19. The third-order valence-corrected chi connectivity index (χ3v) is 4.40. The molecule has 0 unspecified atom stereocenters. The summed E-state index contributed by atoms with van der Waals surface area (Å²) in [4.78, 5) is 12.7. The largest absolute Gasteiger partial charge is 0.312 e. The quantitative estimate of drug-likeness (QED) is 0.863. The molecule has 2 aromatic heterocycles. The van der Waals surface area contributed by atoms with Gasteiger partial charge in [-0.3, -0.25) is 9.89 Å². The van der Waals surface area contributed by atoms with Gasteiger partial charge >= 0.3 is 0 Å². The fraction of sp³-hybridized carbons (Fsp3) is 0.500. The van der Waals surface area contributed by atoms with Gasteiger partial charge in [0.05, 0.1) is 5.56 Å². The van der Waals surface area contributed by atoms with E-state index in [1.54, 1.807) is 4.57 Å². The van der Waals surface area contributed by atoms with Crippen molar-refractivity contribution < 1.29 is 0 Å². The van der Waals surface area contributed by atoms with Crippen molar-refractivity contribution in [2.75, 3.05) is 0 Å². The molecule has 106 valence electrons. The standard InChI is InChI=1S/C14H18N4OS/c1-3-18-11-7-5-4-6-9(11)8-10(13(18)19)12-15-16-14(20)17(12)2/h8H,3-7H2,1-2H3,(H,16,20). The molecule has 0 amide bonds.